The number of hydrogen-bond acceptors (Lipinski definition) is 3. The van der Waals surface area contributed by atoms with Crippen LogP contribution in [0.25, 0.3) is 0 Å². The van der Waals surface area contributed by atoms with E-state index in [0.717, 1.165) is 37.5 Å². The topological polar surface area (TPSA) is 58.4 Å². The van der Waals surface area contributed by atoms with E-state index in [9.17, 15) is 4.79 Å². The second-order valence-corrected chi connectivity index (χ2v) is 7.64. The highest BCUT2D eigenvalue weighted by Gasteiger charge is 2.33. The predicted molar refractivity (Wildman–Crippen MR) is 97.6 cm³/mol. The molecule has 2 aliphatic rings. The zero-order chi connectivity index (χ0) is 17.0. The molecule has 1 aromatic carbocycles. The molecule has 1 saturated heterocycles. The molecule has 24 heavy (non-hydrogen) atoms. The van der Waals surface area contributed by atoms with Crippen LogP contribution in [0.15, 0.2) is 30.3 Å². The average molecular weight is 329 g/mol. The van der Waals surface area contributed by atoms with E-state index in [-0.39, 0.29) is 11.9 Å². The number of benzene rings is 1. The maximum absolute atomic E-state index is 12.7. The molecule has 1 heterocycles. The van der Waals surface area contributed by atoms with Gasteiger partial charge in [0.25, 0.3) is 0 Å². The van der Waals surface area contributed by atoms with Crippen LogP contribution in [0.1, 0.15) is 57.4 Å². The zero-order valence-corrected chi connectivity index (χ0v) is 14.8. The second-order valence-electron chi connectivity index (χ2n) is 7.64. The zero-order valence-electron chi connectivity index (χ0n) is 14.8. The Kier molecular flexibility index (Phi) is 5.57. The minimum absolute atomic E-state index is 0.0650. The van der Waals surface area contributed by atoms with E-state index < -0.39 is 5.54 Å². The number of amides is 1. The van der Waals surface area contributed by atoms with Crippen LogP contribution >= 0.6 is 0 Å². The number of nitrogens with one attached hydrogen (secondary N) is 1. The molecule has 2 fully saturated rings. The summed E-state index contributed by atoms with van der Waals surface area (Å²) in [7, 11) is 0. The van der Waals surface area contributed by atoms with E-state index in [2.05, 4.69) is 10.2 Å². The summed E-state index contributed by atoms with van der Waals surface area (Å²) >= 11 is 0. The van der Waals surface area contributed by atoms with Gasteiger partial charge in [0.15, 0.2) is 0 Å². The highest BCUT2D eigenvalue weighted by molar-refractivity contribution is 5.87. The largest absolute Gasteiger partial charge is 0.351 e. The van der Waals surface area contributed by atoms with Crippen LogP contribution in [-0.4, -0.2) is 36.0 Å². The third kappa shape index (κ3) is 3.98. The Hall–Kier alpha value is -1.39. The summed E-state index contributed by atoms with van der Waals surface area (Å²) in [5.41, 5.74) is 6.21. The van der Waals surface area contributed by atoms with Gasteiger partial charge in [-0.25, -0.2) is 0 Å². The summed E-state index contributed by atoms with van der Waals surface area (Å²) < 4.78 is 0. The van der Waals surface area contributed by atoms with Gasteiger partial charge < -0.3 is 16.0 Å². The first-order valence-corrected chi connectivity index (χ1v) is 9.47. The highest BCUT2D eigenvalue weighted by atomic mass is 16.2. The van der Waals surface area contributed by atoms with Gasteiger partial charge in [0, 0.05) is 25.2 Å². The Morgan fingerprint density at radius 3 is 2.33 bits per heavy atom. The van der Waals surface area contributed by atoms with Gasteiger partial charge in [-0.15, -0.1) is 0 Å². The quantitative estimate of drug-likeness (QED) is 0.893. The van der Waals surface area contributed by atoms with Gasteiger partial charge in [-0.05, 0) is 38.2 Å². The molecule has 0 radical (unpaired) electrons. The van der Waals surface area contributed by atoms with E-state index >= 15 is 0 Å². The van der Waals surface area contributed by atoms with Gasteiger partial charge >= 0.3 is 0 Å². The number of nitrogens with two attached hydrogens (primary N) is 1. The highest BCUT2D eigenvalue weighted by Crippen LogP contribution is 2.26. The molecule has 1 aliphatic carbocycles. The van der Waals surface area contributed by atoms with Crippen LogP contribution in [0.3, 0.4) is 0 Å². The molecule has 1 atom stereocenters. The van der Waals surface area contributed by atoms with E-state index in [1.54, 1.807) is 6.92 Å². The standard InChI is InChI=1S/C20H31N3O/c1-20(21,16-8-4-2-5-9-16)19(24)22-17-12-14-23(15-13-17)18-10-6-3-7-11-18/h2,4-5,8-9,17-18H,3,6-7,10-15,21H2,1H3,(H,22,24). The van der Waals surface area contributed by atoms with Gasteiger partial charge in [-0.2, -0.15) is 0 Å². The first-order chi connectivity index (χ1) is 11.6. The van der Waals surface area contributed by atoms with Crippen LogP contribution in [0, 0.1) is 0 Å². The van der Waals surface area contributed by atoms with Crippen molar-refractivity contribution in [3.05, 3.63) is 35.9 Å². The molecule has 0 bridgehead atoms. The number of piperidine rings is 1. The van der Waals surface area contributed by atoms with Gasteiger partial charge in [-0.3, -0.25) is 4.79 Å². The summed E-state index contributed by atoms with van der Waals surface area (Å²) in [5.74, 6) is -0.0650. The normalized spacial score (nSPS) is 23.6. The van der Waals surface area contributed by atoms with Crippen molar-refractivity contribution < 1.29 is 4.79 Å². The lowest BCUT2D eigenvalue weighted by Crippen LogP contribution is -2.55. The van der Waals surface area contributed by atoms with Crippen molar-refractivity contribution in [3.63, 3.8) is 0 Å². The molecular formula is C20H31N3O. The van der Waals surface area contributed by atoms with Crippen molar-refractivity contribution >= 4 is 5.91 Å². The molecule has 4 nitrogen and oxygen atoms in total. The van der Waals surface area contributed by atoms with Gasteiger partial charge in [-0.1, -0.05) is 49.6 Å². The monoisotopic (exact) mass is 329 g/mol. The molecule has 1 saturated carbocycles. The first kappa shape index (κ1) is 17.4. The summed E-state index contributed by atoms with van der Waals surface area (Å²) in [5, 5.41) is 3.19. The summed E-state index contributed by atoms with van der Waals surface area (Å²) in [4.78, 5) is 15.3. The fourth-order valence-corrected chi connectivity index (χ4v) is 4.11. The molecule has 0 spiro atoms. The third-order valence-corrected chi connectivity index (χ3v) is 5.80. The molecule has 4 heteroatoms. The fourth-order valence-electron chi connectivity index (χ4n) is 4.11. The maximum Gasteiger partial charge on any atom is 0.244 e. The fraction of sp³-hybridized carbons (Fsp3) is 0.650. The summed E-state index contributed by atoms with van der Waals surface area (Å²) in [6, 6.07) is 10.7. The van der Waals surface area contributed by atoms with Crippen LogP contribution in [0.2, 0.25) is 0 Å². The molecule has 0 aromatic heterocycles. The van der Waals surface area contributed by atoms with Crippen molar-refractivity contribution in [2.24, 2.45) is 5.73 Å². The van der Waals surface area contributed by atoms with Crippen LogP contribution in [-0.2, 0) is 10.3 Å². The Labute approximate surface area is 145 Å². The van der Waals surface area contributed by atoms with Gasteiger partial charge in [0.05, 0.1) is 0 Å². The smallest absolute Gasteiger partial charge is 0.244 e. The minimum Gasteiger partial charge on any atom is -0.351 e. The van der Waals surface area contributed by atoms with E-state index in [4.69, 9.17) is 5.73 Å². The molecule has 132 valence electrons. The second kappa shape index (κ2) is 7.66. The van der Waals surface area contributed by atoms with Crippen molar-refractivity contribution in [1.29, 1.82) is 0 Å². The Bertz CT molecular complexity index is 529. The van der Waals surface area contributed by atoms with E-state index in [1.165, 1.54) is 32.1 Å². The number of likely N-dealkylation sites (tertiary alicyclic amines) is 1. The van der Waals surface area contributed by atoms with Gasteiger partial charge in [0.1, 0.15) is 5.54 Å². The number of carbonyl (C=O) groups is 1. The molecule has 1 unspecified atom stereocenters. The van der Waals surface area contributed by atoms with Crippen molar-refractivity contribution in [3.8, 4) is 0 Å². The summed E-state index contributed by atoms with van der Waals surface area (Å²) in [6.07, 6.45) is 8.93. The molecule has 1 amide bonds. The lowest BCUT2D eigenvalue weighted by Gasteiger charge is -2.40. The van der Waals surface area contributed by atoms with Crippen molar-refractivity contribution in [2.45, 2.75) is 69.5 Å². The van der Waals surface area contributed by atoms with Crippen LogP contribution < -0.4 is 11.1 Å². The molecule has 3 rings (SSSR count). The first-order valence-electron chi connectivity index (χ1n) is 9.47. The lowest BCUT2D eigenvalue weighted by molar-refractivity contribution is -0.127. The average Bonchev–Trinajstić information content (AvgIpc) is 2.64. The van der Waals surface area contributed by atoms with E-state index in [0.29, 0.717) is 0 Å². The Balaban J connectivity index is 1.51. The van der Waals surface area contributed by atoms with Crippen molar-refractivity contribution in [1.82, 2.24) is 10.2 Å². The molecule has 1 aromatic rings. The Morgan fingerprint density at radius 2 is 1.71 bits per heavy atom. The molecule has 1 aliphatic heterocycles. The van der Waals surface area contributed by atoms with E-state index in [1.807, 2.05) is 30.3 Å². The number of rotatable bonds is 4. The Morgan fingerprint density at radius 1 is 1.08 bits per heavy atom. The lowest BCUT2D eigenvalue weighted by atomic mass is 9.90. The van der Waals surface area contributed by atoms with Crippen LogP contribution in [0.4, 0.5) is 0 Å². The predicted octanol–water partition coefficient (Wildman–Crippen LogP) is 2.77. The minimum atomic E-state index is -0.970. The van der Waals surface area contributed by atoms with Gasteiger partial charge in [0.2, 0.25) is 5.91 Å². The third-order valence-electron chi connectivity index (χ3n) is 5.80. The molecular weight excluding hydrogens is 298 g/mol. The van der Waals surface area contributed by atoms with Crippen molar-refractivity contribution in [2.75, 3.05) is 13.1 Å². The molecule has 3 N–H and O–H groups in total. The maximum atomic E-state index is 12.7. The number of carbonyl (C=O) groups excluding carboxylic acids is 1. The van der Waals surface area contributed by atoms with Crippen LogP contribution in [0.5, 0.6) is 0 Å². The SMILES string of the molecule is CC(N)(C(=O)NC1CCN(C2CCCCC2)CC1)c1ccccc1. The summed E-state index contributed by atoms with van der Waals surface area (Å²) in [6.45, 7) is 4.00. The number of hydrogen-bond donors (Lipinski definition) is 2. The number of nitrogens with zero attached hydrogens (tertiary/aromatic N) is 1.